The van der Waals surface area contributed by atoms with Crippen LogP contribution in [0.25, 0.3) is 0 Å². The van der Waals surface area contributed by atoms with Crippen LogP contribution in [0.4, 0.5) is 10.5 Å². The van der Waals surface area contributed by atoms with Crippen LogP contribution in [0.2, 0.25) is 0 Å². The molecule has 0 spiro atoms. The predicted octanol–water partition coefficient (Wildman–Crippen LogP) is 4.12. The molecule has 31 heavy (non-hydrogen) atoms. The van der Waals surface area contributed by atoms with Gasteiger partial charge in [0.05, 0.1) is 12.6 Å². The molecule has 3 N–H and O–H groups in total. The Bertz CT molecular complexity index is 996. The Morgan fingerprint density at radius 2 is 1.87 bits per heavy atom. The second-order valence-electron chi connectivity index (χ2n) is 9.51. The molecule has 1 aliphatic carbocycles. The van der Waals surface area contributed by atoms with Crippen LogP contribution < -0.4 is 11.1 Å². The summed E-state index contributed by atoms with van der Waals surface area (Å²) in [4.78, 5) is 28.0. The van der Waals surface area contributed by atoms with Crippen LogP contribution in [0, 0.1) is 0 Å². The molecule has 6 nitrogen and oxygen atoms in total. The number of nitrogens with two attached hydrogens (primary N) is 1. The molecule has 2 atom stereocenters. The monoisotopic (exact) mass is 421 g/mol. The third-order valence-electron chi connectivity index (χ3n) is 5.98. The van der Waals surface area contributed by atoms with Crippen LogP contribution in [-0.4, -0.2) is 28.5 Å². The average molecular weight is 422 g/mol. The fourth-order valence-corrected chi connectivity index (χ4v) is 4.52. The van der Waals surface area contributed by atoms with Crippen molar-refractivity contribution in [3.05, 3.63) is 64.7 Å². The van der Waals surface area contributed by atoms with Gasteiger partial charge in [-0.05, 0) is 74.4 Å². The summed E-state index contributed by atoms with van der Waals surface area (Å²) in [5, 5.41) is 3.22. The molecule has 6 heteroatoms. The first-order valence-electron chi connectivity index (χ1n) is 11.0. The quantitative estimate of drug-likeness (QED) is 0.714. The Balaban J connectivity index is 1.60. The number of aryl methyl sites for hydroxylation is 1. The second-order valence-corrected chi connectivity index (χ2v) is 9.51. The highest BCUT2D eigenvalue weighted by Gasteiger charge is 2.38. The maximum Gasteiger partial charge on any atom is 0.411 e. The van der Waals surface area contributed by atoms with Crippen molar-refractivity contribution in [2.24, 2.45) is 0 Å². The van der Waals surface area contributed by atoms with Gasteiger partial charge in [-0.15, -0.1) is 0 Å². The smallest absolute Gasteiger partial charge is 0.411 e. The van der Waals surface area contributed by atoms with Gasteiger partial charge in [0.15, 0.2) is 0 Å². The fraction of sp³-hybridized carbons (Fsp3) is 0.440. The number of nitrogens with one attached hydrogen (secondary N) is 1. The van der Waals surface area contributed by atoms with Gasteiger partial charge < -0.3 is 15.8 Å². The summed E-state index contributed by atoms with van der Waals surface area (Å²) in [6, 6.07) is 13.3. The number of nitrogens with zero attached hydrogens (tertiary/aromatic N) is 1. The third-order valence-corrected chi connectivity index (χ3v) is 5.98. The van der Waals surface area contributed by atoms with E-state index in [0.29, 0.717) is 18.7 Å². The van der Waals surface area contributed by atoms with Gasteiger partial charge in [0, 0.05) is 12.1 Å². The summed E-state index contributed by atoms with van der Waals surface area (Å²) in [7, 11) is 0. The van der Waals surface area contributed by atoms with Gasteiger partial charge in [0.25, 0.3) is 0 Å². The van der Waals surface area contributed by atoms with Crippen LogP contribution in [0.15, 0.2) is 42.5 Å². The molecule has 1 aliphatic heterocycles. The molecular weight excluding hydrogens is 390 g/mol. The minimum absolute atomic E-state index is 0.0363. The zero-order valence-electron chi connectivity index (χ0n) is 18.5. The summed E-state index contributed by atoms with van der Waals surface area (Å²) in [6.45, 7) is 5.78. The molecule has 1 heterocycles. The SMILES string of the molecule is CC(C)(C)OC(=O)N1Cc2cc(N)ccc2CC1C(=O)N[C@@H]1CCCc2ccccc21. The number of hydrogen-bond acceptors (Lipinski definition) is 4. The first kappa shape index (κ1) is 21.2. The molecule has 0 bridgehead atoms. The van der Waals surface area contributed by atoms with Crippen molar-refractivity contribution < 1.29 is 14.3 Å². The van der Waals surface area contributed by atoms with Crippen molar-refractivity contribution in [1.29, 1.82) is 0 Å². The number of carbonyl (C=O) groups excluding carboxylic acids is 2. The number of amides is 2. The third kappa shape index (κ3) is 4.68. The minimum atomic E-state index is -0.642. The summed E-state index contributed by atoms with van der Waals surface area (Å²) in [5.41, 5.74) is 10.4. The van der Waals surface area contributed by atoms with Gasteiger partial charge in [-0.2, -0.15) is 0 Å². The van der Waals surface area contributed by atoms with Crippen molar-refractivity contribution in [2.45, 2.75) is 70.7 Å². The lowest BCUT2D eigenvalue weighted by Crippen LogP contribution is -2.54. The van der Waals surface area contributed by atoms with E-state index in [0.717, 1.165) is 30.4 Å². The van der Waals surface area contributed by atoms with E-state index in [2.05, 4.69) is 17.4 Å². The molecule has 164 valence electrons. The topological polar surface area (TPSA) is 84.7 Å². The van der Waals surface area contributed by atoms with E-state index < -0.39 is 17.7 Å². The lowest BCUT2D eigenvalue weighted by molar-refractivity contribution is -0.128. The van der Waals surface area contributed by atoms with Crippen LogP contribution in [-0.2, 0) is 28.9 Å². The molecule has 2 aromatic rings. The summed E-state index contributed by atoms with van der Waals surface area (Å²) < 4.78 is 5.62. The van der Waals surface area contributed by atoms with Crippen LogP contribution in [0.3, 0.4) is 0 Å². The number of ether oxygens (including phenoxy) is 1. The molecule has 2 amide bonds. The van der Waals surface area contributed by atoms with Gasteiger partial charge in [-0.3, -0.25) is 9.69 Å². The Morgan fingerprint density at radius 3 is 2.65 bits per heavy atom. The van der Waals surface area contributed by atoms with Gasteiger partial charge in [0.1, 0.15) is 11.6 Å². The number of fused-ring (bicyclic) bond motifs is 2. The maximum absolute atomic E-state index is 13.4. The van der Waals surface area contributed by atoms with E-state index in [9.17, 15) is 9.59 Å². The highest BCUT2D eigenvalue weighted by Crippen LogP contribution is 2.31. The van der Waals surface area contributed by atoms with Gasteiger partial charge in [-0.1, -0.05) is 30.3 Å². The zero-order chi connectivity index (χ0) is 22.2. The summed E-state index contributed by atoms with van der Waals surface area (Å²) in [5.74, 6) is -0.143. The first-order chi connectivity index (χ1) is 14.7. The van der Waals surface area contributed by atoms with Crippen molar-refractivity contribution in [3.8, 4) is 0 Å². The van der Waals surface area contributed by atoms with E-state index in [1.54, 1.807) is 0 Å². The average Bonchev–Trinajstić information content (AvgIpc) is 2.71. The number of carbonyl (C=O) groups is 2. The summed E-state index contributed by atoms with van der Waals surface area (Å²) in [6.07, 6.45) is 2.92. The van der Waals surface area contributed by atoms with Crippen LogP contribution >= 0.6 is 0 Å². The molecule has 4 rings (SSSR count). The molecule has 1 unspecified atom stereocenters. The first-order valence-corrected chi connectivity index (χ1v) is 11.0. The second kappa shape index (κ2) is 8.25. The molecule has 0 fully saturated rings. The van der Waals surface area contributed by atoms with E-state index in [-0.39, 0.29) is 11.9 Å². The standard InChI is InChI=1S/C25H31N3O3/c1-25(2,3)31-24(30)28-15-18-13-19(26)12-11-17(18)14-22(28)23(29)27-21-10-6-8-16-7-4-5-9-20(16)21/h4-5,7,9,11-13,21-22H,6,8,10,14-15,26H2,1-3H3,(H,27,29)/t21-,22?/m1/s1. The molecule has 0 aromatic heterocycles. The van der Waals surface area contributed by atoms with E-state index in [4.69, 9.17) is 10.5 Å². The lowest BCUT2D eigenvalue weighted by atomic mass is 9.87. The highest BCUT2D eigenvalue weighted by molar-refractivity contribution is 5.87. The Labute approximate surface area is 183 Å². The van der Waals surface area contributed by atoms with Gasteiger partial charge in [-0.25, -0.2) is 4.79 Å². The van der Waals surface area contributed by atoms with E-state index >= 15 is 0 Å². The van der Waals surface area contributed by atoms with Crippen molar-refractivity contribution in [3.63, 3.8) is 0 Å². The van der Waals surface area contributed by atoms with Crippen molar-refractivity contribution >= 4 is 17.7 Å². The molecular formula is C25H31N3O3. The van der Waals surface area contributed by atoms with Gasteiger partial charge in [0.2, 0.25) is 5.91 Å². The molecule has 2 aromatic carbocycles. The Kier molecular flexibility index (Phi) is 5.65. The number of nitrogen functional groups attached to an aromatic ring is 1. The largest absolute Gasteiger partial charge is 0.444 e. The van der Waals surface area contributed by atoms with Gasteiger partial charge >= 0.3 is 6.09 Å². The molecule has 0 radical (unpaired) electrons. The summed E-state index contributed by atoms with van der Waals surface area (Å²) >= 11 is 0. The van der Waals surface area contributed by atoms with Crippen LogP contribution in [0.1, 0.15) is 61.9 Å². The Morgan fingerprint density at radius 1 is 1.10 bits per heavy atom. The van der Waals surface area contributed by atoms with Crippen molar-refractivity contribution in [2.75, 3.05) is 5.73 Å². The normalized spacial score (nSPS) is 20.4. The molecule has 0 saturated carbocycles. The molecule has 2 aliphatic rings. The number of anilines is 1. The zero-order valence-corrected chi connectivity index (χ0v) is 18.5. The molecule has 0 saturated heterocycles. The fourth-order valence-electron chi connectivity index (χ4n) is 4.52. The number of benzene rings is 2. The number of rotatable bonds is 2. The van der Waals surface area contributed by atoms with Crippen LogP contribution in [0.5, 0.6) is 0 Å². The predicted molar refractivity (Wildman–Crippen MR) is 120 cm³/mol. The van der Waals surface area contributed by atoms with Crippen molar-refractivity contribution in [1.82, 2.24) is 10.2 Å². The maximum atomic E-state index is 13.4. The Hall–Kier alpha value is -3.02. The minimum Gasteiger partial charge on any atom is -0.444 e. The lowest BCUT2D eigenvalue weighted by Gasteiger charge is -2.38. The highest BCUT2D eigenvalue weighted by atomic mass is 16.6. The van der Waals surface area contributed by atoms with E-state index in [1.165, 1.54) is 16.0 Å². The number of hydrogen-bond donors (Lipinski definition) is 2. The van der Waals surface area contributed by atoms with E-state index in [1.807, 2.05) is 51.1 Å².